The Morgan fingerprint density at radius 2 is 1.40 bits per heavy atom. The van der Waals surface area contributed by atoms with Crippen LogP contribution < -0.4 is 10.6 Å². The van der Waals surface area contributed by atoms with Crippen LogP contribution in [-0.4, -0.2) is 22.3 Å². The molecule has 2 rings (SSSR count). The molecule has 2 aromatic rings. The number of benzene rings is 2. The highest BCUT2D eigenvalue weighted by Crippen LogP contribution is 2.28. The molecule has 0 unspecified atom stereocenters. The van der Waals surface area contributed by atoms with Gasteiger partial charge in [-0.3, -0.25) is 25.0 Å². The number of carbonyl (C=O) groups is 1. The summed E-state index contributed by atoms with van der Waals surface area (Å²) in [6.45, 7) is -0.186. The van der Waals surface area contributed by atoms with Crippen molar-refractivity contribution in [2.45, 2.75) is 0 Å². The first-order valence-corrected chi connectivity index (χ1v) is 8.28. The van der Waals surface area contributed by atoms with Crippen LogP contribution in [0.1, 0.15) is 0 Å². The monoisotopic (exact) mass is 472 g/mol. The van der Waals surface area contributed by atoms with E-state index >= 15 is 0 Å². The molecule has 2 aromatic carbocycles. The second-order valence-corrected chi connectivity index (χ2v) is 6.45. The average Bonchev–Trinajstić information content (AvgIpc) is 2.55. The molecule has 0 aliphatic carbocycles. The zero-order valence-electron chi connectivity index (χ0n) is 12.4. The van der Waals surface area contributed by atoms with Crippen molar-refractivity contribution >= 4 is 60.5 Å². The molecule has 130 valence electrons. The predicted molar refractivity (Wildman–Crippen MR) is 98.7 cm³/mol. The summed E-state index contributed by atoms with van der Waals surface area (Å²) in [7, 11) is 0. The zero-order chi connectivity index (χ0) is 18.6. The van der Waals surface area contributed by atoms with Crippen LogP contribution in [0.15, 0.2) is 45.3 Å². The minimum absolute atomic E-state index is 0.118. The third-order valence-electron chi connectivity index (χ3n) is 3.04. The number of nitrogens with zero attached hydrogens (tertiary/aromatic N) is 2. The Labute approximate surface area is 158 Å². The zero-order valence-corrected chi connectivity index (χ0v) is 15.5. The summed E-state index contributed by atoms with van der Waals surface area (Å²) in [6, 6.07) is 8.10. The van der Waals surface area contributed by atoms with Gasteiger partial charge in [0.15, 0.2) is 0 Å². The molecule has 9 nitrogen and oxygen atoms in total. The Bertz CT molecular complexity index is 859. The van der Waals surface area contributed by atoms with Crippen molar-refractivity contribution in [2.24, 2.45) is 0 Å². The van der Waals surface area contributed by atoms with Crippen molar-refractivity contribution in [2.75, 3.05) is 17.2 Å². The van der Waals surface area contributed by atoms with E-state index in [9.17, 15) is 25.0 Å². The number of hydrogen-bond acceptors (Lipinski definition) is 6. The highest BCUT2D eigenvalue weighted by molar-refractivity contribution is 9.11. The number of nitrogens with one attached hydrogen (secondary N) is 2. The lowest BCUT2D eigenvalue weighted by Crippen LogP contribution is -2.22. The lowest BCUT2D eigenvalue weighted by atomic mass is 10.2. The van der Waals surface area contributed by atoms with Gasteiger partial charge in [-0.25, -0.2) is 0 Å². The van der Waals surface area contributed by atoms with Crippen molar-refractivity contribution in [3.63, 3.8) is 0 Å². The first-order valence-electron chi connectivity index (χ1n) is 6.69. The first-order chi connectivity index (χ1) is 11.8. The van der Waals surface area contributed by atoms with Crippen molar-refractivity contribution in [3.05, 3.63) is 65.6 Å². The van der Waals surface area contributed by atoms with Crippen LogP contribution >= 0.6 is 31.9 Å². The van der Waals surface area contributed by atoms with E-state index < -0.39 is 15.8 Å². The third kappa shape index (κ3) is 4.97. The highest BCUT2D eigenvalue weighted by Gasteiger charge is 2.13. The average molecular weight is 474 g/mol. The van der Waals surface area contributed by atoms with Crippen molar-refractivity contribution in [1.82, 2.24) is 0 Å². The van der Waals surface area contributed by atoms with Crippen LogP contribution in [-0.2, 0) is 4.79 Å². The topological polar surface area (TPSA) is 127 Å². The molecule has 0 aromatic heterocycles. The number of non-ortho nitro benzene ring substituents is 2. The molecule has 0 bridgehead atoms. The maximum atomic E-state index is 12.0. The van der Waals surface area contributed by atoms with E-state index in [0.717, 1.165) is 0 Å². The molecule has 0 fully saturated rings. The van der Waals surface area contributed by atoms with E-state index in [1.54, 1.807) is 0 Å². The number of rotatable bonds is 6. The fourth-order valence-corrected chi connectivity index (χ4v) is 2.59. The fourth-order valence-electron chi connectivity index (χ4n) is 1.85. The number of nitro groups is 2. The van der Waals surface area contributed by atoms with Crippen LogP contribution in [0, 0.1) is 20.2 Å². The summed E-state index contributed by atoms with van der Waals surface area (Å²) < 4.78 is 1.05. The van der Waals surface area contributed by atoms with E-state index in [-0.39, 0.29) is 23.6 Å². The second kappa shape index (κ2) is 8.03. The largest absolute Gasteiger partial charge is 0.375 e. The number of nitro benzene ring substituents is 2. The number of anilines is 2. The quantitative estimate of drug-likeness (QED) is 0.480. The number of hydrogen-bond donors (Lipinski definition) is 2. The first kappa shape index (κ1) is 18.8. The molecule has 2 N–H and O–H groups in total. The molecule has 1 amide bonds. The molecule has 0 heterocycles. The van der Waals surface area contributed by atoms with E-state index in [4.69, 9.17) is 0 Å². The van der Waals surface area contributed by atoms with E-state index in [0.29, 0.717) is 14.6 Å². The maximum absolute atomic E-state index is 12.0. The molecule has 0 spiro atoms. The van der Waals surface area contributed by atoms with Crippen LogP contribution in [0.3, 0.4) is 0 Å². The number of carbonyl (C=O) groups excluding carboxylic acids is 1. The van der Waals surface area contributed by atoms with Crippen LogP contribution in [0.2, 0.25) is 0 Å². The van der Waals surface area contributed by atoms with Gasteiger partial charge >= 0.3 is 0 Å². The summed E-state index contributed by atoms with van der Waals surface area (Å²) in [4.78, 5) is 32.5. The SMILES string of the molecule is O=C(CNc1cc([N+](=O)[O-])ccc1Br)Nc1cc([N+](=O)[O-])ccc1Br. The summed E-state index contributed by atoms with van der Waals surface area (Å²) in [6.07, 6.45) is 0. The molecular weight excluding hydrogens is 464 g/mol. The van der Waals surface area contributed by atoms with Crippen LogP contribution in [0.25, 0.3) is 0 Å². The van der Waals surface area contributed by atoms with E-state index in [2.05, 4.69) is 42.5 Å². The summed E-state index contributed by atoms with van der Waals surface area (Å²) in [5.41, 5.74) is 0.349. The smallest absolute Gasteiger partial charge is 0.271 e. The number of halogens is 2. The molecular formula is C14H10Br2N4O5. The fraction of sp³-hybridized carbons (Fsp3) is 0.0714. The molecule has 0 saturated carbocycles. The summed E-state index contributed by atoms with van der Waals surface area (Å²) >= 11 is 6.44. The lowest BCUT2D eigenvalue weighted by molar-refractivity contribution is -0.385. The van der Waals surface area contributed by atoms with Gasteiger partial charge in [0.2, 0.25) is 5.91 Å². The lowest BCUT2D eigenvalue weighted by Gasteiger charge is -2.10. The van der Waals surface area contributed by atoms with Gasteiger partial charge in [-0.1, -0.05) is 0 Å². The summed E-state index contributed by atoms with van der Waals surface area (Å²) in [5, 5.41) is 26.9. The van der Waals surface area contributed by atoms with Gasteiger partial charge in [0.1, 0.15) is 0 Å². The third-order valence-corrected chi connectivity index (χ3v) is 4.42. The standard InChI is InChI=1S/C14H10Br2N4O5/c15-10-3-1-8(19(22)23)5-12(10)17-7-14(21)18-13-6-9(20(24)25)2-4-11(13)16/h1-6,17H,7H2,(H,18,21). The minimum Gasteiger partial charge on any atom is -0.375 e. The normalized spacial score (nSPS) is 10.2. The van der Waals surface area contributed by atoms with Crippen molar-refractivity contribution < 1.29 is 14.6 Å². The Morgan fingerprint density at radius 1 is 0.920 bits per heavy atom. The van der Waals surface area contributed by atoms with E-state index in [1.807, 2.05) is 0 Å². The van der Waals surface area contributed by atoms with Gasteiger partial charge in [-0.15, -0.1) is 0 Å². The molecule has 0 aliphatic rings. The number of amides is 1. The highest BCUT2D eigenvalue weighted by atomic mass is 79.9. The van der Waals surface area contributed by atoms with Gasteiger partial charge in [0, 0.05) is 33.2 Å². The van der Waals surface area contributed by atoms with Crippen molar-refractivity contribution in [1.29, 1.82) is 0 Å². The molecule has 0 radical (unpaired) electrons. The van der Waals surface area contributed by atoms with E-state index in [1.165, 1.54) is 36.4 Å². The molecule has 0 saturated heterocycles. The van der Waals surface area contributed by atoms with Gasteiger partial charge in [0.05, 0.1) is 27.8 Å². The van der Waals surface area contributed by atoms with Gasteiger partial charge in [-0.05, 0) is 44.0 Å². The van der Waals surface area contributed by atoms with Gasteiger partial charge in [0.25, 0.3) is 11.4 Å². The van der Waals surface area contributed by atoms with Crippen LogP contribution in [0.5, 0.6) is 0 Å². The Hall–Kier alpha value is -2.53. The Balaban J connectivity index is 2.07. The molecule has 0 aliphatic heterocycles. The summed E-state index contributed by atoms with van der Waals surface area (Å²) in [5.74, 6) is -0.473. The van der Waals surface area contributed by atoms with Crippen LogP contribution in [0.4, 0.5) is 22.7 Å². The van der Waals surface area contributed by atoms with Gasteiger partial charge < -0.3 is 10.6 Å². The van der Waals surface area contributed by atoms with Gasteiger partial charge in [-0.2, -0.15) is 0 Å². The molecule has 25 heavy (non-hydrogen) atoms. The second-order valence-electron chi connectivity index (χ2n) is 4.74. The molecule has 11 heteroatoms. The van der Waals surface area contributed by atoms with Crippen molar-refractivity contribution in [3.8, 4) is 0 Å². The Morgan fingerprint density at radius 3 is 1.92 bits per heavy atom. The maximum Gasteiger partial charge on any atom is 0.271 e. The Kier molecular flexibility index (Phi) is 6.04. The predicted octanol–water partition coefficient (Wildman–Crippen LogP) is 4.08. The molecule has 0 atom stereocenters. The minimum atomic E-state index is -0.569.